The maximum Gasteiger partial charge on any atom is 0.363 e. The summed E-state index contributed by atoms with van der Waals surface area (Å²) >= 11 is 5.96. The van der Waals surface area contributed by atoms with Gasteiger partial charge in [0.05, 0.1) is 6.61 Å². The average Bonchev–Trinajstić information content (AvgIpc) is 2.47. The topological polar surface area (TPSA) is 99.4 Å². The molecule has 0 radical (unpaired) electrons. The number of nitrogens with zero attached hydrogens (tertiary/aromatic N) is 2. The monoisotopic (exact) mass is 344 g/mol. The van der Waals surface area contributed by atoms with E-state index < -0.39 is 20.3 Å². The van der Waals surface area contributed by atoms with Crippen molar-refractivity contribution in [3.63, 3.8) is 0 Å². The van der Waals surface area contributed by atoms with Crippen molar-refractivity contribution in [2.75, 3.05) is 6.61 Å². The van der Waals surface area contributed by atoms with Crippen LogP contribution in [0.15, 0.2) is 35.5 Å². The molecule has 0 aromatic carbocycles. The number of hydrogen-bond donors (Lipinski definition) is 0. The molecule has 1 aliphatic carbocycles. The van der Waals surface area contributed by atoms with E-state index in [1.165, 1.54) is 24.4 Å². The number of nitro groups is 1. The zero-order chi connectivity index (χ0) is 16.3. The standard InChI is InChI=1S/C13H13ClN2O5S/c1-2-21-22(19,20)12-5-4-10(14)7-11(12)9-3-6-13(15-8-9)16(17)18/h3-4,6-8,12H,2,5H2,1H3. The van der Waals surface area contributed by atoms with Crippen LogP contribution in [0, 0.1) is 10.1 Å². The highest BCUT2D eigenvalue weighted by atomic mass is 35.5. The minimum absolute atomic E-state index is 0.0298. The lowest BCUT2D eigenvalue weighted by Gasteiger charge is -2.21. The second kappa shape index (κ2) is 6.55. The highest BCUT2D eigenvalue weighted by molar-refractivity contribution is 7.87. The van der Waals surface area contributed by atoms with Gasteiger partial charge in [-0.2, -0.15) is 8.42 Å². The van der Waals surface area contributed by atoms with E-state index in [4.69, 9.17) is 15.8 Å². The molecule has 1 unspecified atom stereocenters. The molecule has 0 amide bonds. The molecule has 7 nitrogen and oxygen atoms in total. The molecule has 118 valence electrons. The van der Waals surface area contributed by atoms with Crippen LogP contribution in [0.1, 0.15) is 18.9 Å². The molecule has 1 aliphatic rings. The maximum atomic E-state index is 12.2. The third kappa shape index (κ3) is 3.52. The summed E-state index contributed by atoms with van der Waals surface area (Å²) in [5.41, 5.74) is 0.855. The highest BCUT2D eigenvalue weighted by Gasteiger charge is 2.32. The van der Waals surface area contributed by atoms with Crippen molar-refractivity contribution in [1.82, 2.24) is 4.98 Å². The van der Waals surface area contributed by atoms with Gasteiger partial charge in [0.2, 0.25) is 0 Å². The molecule has 0 bridgehead atoms. The van der Waals surface area contributed by atoms with Crippen molar-refractivity contribution >= 4 is 33.1 Å². The second-order valence-corrected chi connectivity index (χ2v) is 6.70. The van der Waals surface area contributed by atoms with E-state index in [0.717, 1.165) is 0 Å². The van der Waals surface area contributed by atoms with Gasteiger partial charge in [-0.3, -0.25) is 4.18 Å². The Hall–Kier alpha value is -1.77. The number of allylic oxidation sites excluding steroid dienone is 3. The summed E-state index contributed by atoms with van der Waals surface area (Å²) < 4.78 is 29.2. The highest BCUT2D eigenvalue weighted by Crippen LogP contribution is 2.33. The Balaban J connectivity index is 2.43. The van der Waals surface area contributed by atoms with Crippen LogP contribution in [0.5, 0.6) is 0 Å². The number of rotatable bonds is 5. The van der Waals surface area contributed by atoms with Crippen LogP contribution in [-0.2, 0) is 14.3 Å². The van der Waals surface area contributed by atoms with Gasteiger partial charge in [0.15, 0.2) is 0 Å². The lowest BCUT2D eigenvalue weighted by Crippen LogP contribution is -2.26. The summed E-state index contributed by atoms with van der Waals surface area (Å²) in [7, 11) is -3.81. The van der Waals surface area contributed by atoms with Crippen molar-refractivity contribution in [2.45, 2.75) is 18.6 Å². The molecule has 0 spiro atoms. The van der Waals surface area contributed by atoms with E-state index >= 15 is 0 Å². The van der Waals surface area contributed by atoms with Crippen LogP contribution in [0.2, 0.25) is 0 Å². The quantitative estimate of drug-likeness (QED) is 0.462. The Labute approximate surface area is 132 Å². The molecule has 0 fully saturated rings. The van der Waals surface area contributed by atoms with Gasteiger partial charge in [-0.25, -0.2) is 0 Å². The van der Waals surface area contributed by atoms with Gasteiger partial charge in [-0.15, -0.1) is 0 Å². The summed E-state index contributed by atoms with van der Waals surface area (Å²) in [5.74, 6) is -0.314. The third-order valence-corrected chi connectivity index (χ3v) is 5.04. The van der Waals surface area contributed by atoms with Gasteiger partial charge in [-0.05, 0) is 41.0 Å². The zero-order valence-corrected chi connectivity index (χ0v) is 13.2. The van der Waals surface area contributed by atoms with Gasteiger partial charge in [0.1, 0.15) is 11.4 Å². The summed E-state index contributed by atoms with van der Waals surface area (Å²) in [5, 5.41) is 10.1. The summed E-state index contributed by atoms with van der Waals surface area (Å²) in [6.45, 7) is 1.61. The zero-order valence-electron chi connectivity index (χ0n) is 11.6. The third-order valence-electron chi connectivity index (χ3n) is 3.07. The van der Waals surface area contributed by atoms with Crippen LogP contribution in [0.3, 0.4) is 0 Å². The van der Waals surface area contributed by atoms with Crippen LogP contribution >= 0.6 is 11.6 Å². The average molecular weight is 345 g/mol. The molecule has 0 N–H and O–H groups in total. The van der Waals surface area contributed by atoms with Crippen molar-refractivity contribution in [2.24, 2.45) is 0 Å². The summed E-state index contributed by atoms with van der Waals surface area (Å²) in [6.07, 6.45) is 4.53. The van der Waals surface area contributed by atoms with Gasteiger partial charge in [-0.1, -0.05) is 17.7 Å². The first-order chi connectivity index (χ1) is 10.3. The van der Waals surface area contributed by atoms with Crippen molar-refractivity contribution < 1.29 is 17.5 Å². The molecule has 1 aromatic heterocycles. The van der Waals surface area contributed by atoms with Gasteiger partial charge < -0.3 is 10.1 Å². The fourth-order valence-electron chi connectivity index (χ4n) is 2.10. The molecule has 22 heavy (non-hydrogen) atoms. The molecule has 1 heterocycles. The first-order valence-electron chi connectivity index (χ1n) is 6.41. The predicted molar refractivity (Wildman–Crippen MR) is 81.8 cm³/mol. The van der Waals surface area contributed by atoms with Gasteiger partial charge >= 0.3 is 5.82 Å². The largest absolute Gasteiger partial charge is 0.363 e. The minimum atomic E-state index is -3.81. The minimum Gasteiger partial charge on any atom is -0.358 e. The summed E-state index contributed by atoms with van der Waals surface area (Å²) in [4.78, 5) is 13.7. The van der Waals surface area contributed by atoms with E-state index in [2.05, 4.69) is 4.98 Å². The molecule has 2 rings (SSSR count). The van der Waals surface area contributed by atoms with Crippen LogP contribution in [0.4, 0.5) is 5.82 Å². The van der Waals surface area contributed by atoms with E-state index in [0.29, 0.717) is 16.2 Å². The molecular weight excluding hydrogens is 332 g/mol. The lowest BCUT2D eigenvalue weighted by atomic mass is 9.98. The van der Waals surface area contributed by atoms with Crippen LogP contribution < -0.4 is 0 Å². The smallest absolute Gasteiger partial charge is 0.358 e. The molecule has 0 aliphatic heterocycles. The Morgan fingerprint density at radius 3 is 2.77 bits per heavy atom. The van der Waals surface area contributed by atoms with E-state index in [1.807, 2.05) is 0 Å². The molecular formula is C13H13ClN2O5S. The van der Waals surface area contributed by atoms with E-state index in [9.17, 15) is 18.5 Å². The number of aromatic nitrogens is 1. The van der Waals surface area contributed by atoms with Crippen molar-refractivity contribution in [1.29, 1.82) is 0 Å². The fraction of sp³-hybridized carbons (Fsp3) is 0.308. The molecule has 1 atom stereocenters. The van der Waals surface area contributed by atoms with Gasteiger partial charge in [0, 0.05) is 16.7 Å². The first-order valence-corrected chi connectivity index (χ1v) is 8.26. The Morgan fingerprint density at radius 1 is 1.50 bits per heavy atom. The molecule has 0 saturated carbocycles. The van der Waals surface area contributed by atoms with E-state index in [1.54, 1.807) is 13.0 Å². The lowest BCUT2D eigenvalue weighted by molar-refractivity contribution is -0.389. The first kappa shape index (κ1) is 16.6. The number of hydrogen-bond acceptors (Lipinski definition) is 6. The number of pyridine rings is 1. The second-order valence-electron chi connectivity index (χ2n) is 4.47. The maximum absolute atomic E-state index is 12.2. The van der Waals surface area contributed by atoms with Crippen LogP contribution in [-0.4, -0.2) is 30.2 Å². The number of halogens is 1. The Morgan fingerprint density at radius 2 is 2.23 bits per heavy atom. The SMILES string of the molecule is CCOS(=O)(=O)C1CC=C(Cl)C=C1c1ccc([N+](=O)[O-])nc1. The fourth-order valence-corrected chi connectivity index (χ4v) is 3.65. The predicted octanol–water partition coefficient (Wildman–Crippen LogP) is 2.63. The van der Waals surface area contributed by atoms with Crippen molar-refractivity contribution in [3.05, 3.63) is 51.2 Å². The molecule has 1 aromatic rings. The normalized spacial score (nSPS) is 18.5. The molecule has 0 saturated heterocycles. The Kier molecular flexibility index (Phi) is 4.94. The Bertz CT molecular complexity index is 740. The van der Waals surface area contributed by atoms with Gasteiger partial charge in [0.25, 0.3) is 10.1 Å². The van der Waals surface area contributed by atoms with Crippen LogP contribution in [0.25, 0.3) is 5.57 Å². The van der Waals surface area contributed by atoms with E-state index in [-0.39, 0.29) is 18.8 Å². The summed E-state index contributed by atoms with van der Waals surface area (Å²) in [6, 6.07) is 2.66. The van der Waals surface area contributed by atoms with Crippen molar-refractivity contribution in [3.8, 4) is 0 Å². The molecule has 9 heteroatoms.